The summed E-state index contributed by atoms with van der Waals surface area (Å²) in [6, 6.07) is 5.47. The van der Waals surface area contributed by atoms with Crippen LogP contribution in [0.25, 0.3) is 0 Å². The Kier molecular flexibility index (Phi) is 5.02. The number of hydrogen-bond donors (Lipinski definition) is 1. The minimum absolute atomic E-state index is 0.0478. The van der Waals surface area contributed by atoms with Crippen molar-refractivity contribution in [1.82, 2.24) is 0 Å². The number of carbonyl (C=O) groups is 2. The van der Waals surface area contributed by atoms with Crippen LogP contribution >= 0.6 is 0 Å². The number of rotatable bonds is 4. The minimum Gasteiger partial charge on any atom is -0.319 e. The highest BCUT2D eigenvalue weighted by Gasteiger charge is 2.24. The zero-order valence-corrected chi connectivity index (χ0v) is 12.8. The van der Waals surface area contributed by atoms with E-state index in [4.69, 9.17) is 0 Å². The second-order valence-electron chi connectivity index (χ2n) is 5.06. The number of hydrogen-bond acceptors (Lipinski definition) is 2. The van der Waals surface area contributed by atoms with Crippen LogP contribution in [0.2, 0.25) is 0 Å². The van der Waals surface area contributed by atoms with Crippen molar-refractivity contribution in [2.75, 3.05) is 5.32 Å². The Balaban J connectivity index is 2.32. The molecule has 0 aromatic heterocycles. The molecule has 0 aliphatic carbocycles. The van der Waals surface area contributed by atoms with Gasteiger partial charge in [-0.3, -0.25) is 9.59 Å². The third-order valence-electron chi connectivity index (χ3n) is 3.53. The lowest BCUT2D eigenvalue weighted by atomic mass is 10.1. The van der Waals surface area contributed by atoms with Crippen molar-refractivity contribution < 1.29 is 27.2 Å². The van der Waals surface area contributed by atoms with E-state index in [1.54, 1.807) is 6.92 Å². The molecule has 0 saturated heterocycles. The summed E-state index contributed by atoms with van der Waals surface area (Å²) in [4.78, 5) is 23.6. The molecule has 1 amide bonds. The van der Waals surface area contributed by atoms with Gasteiger partial charge in [0.15, 0.2) is 29.1 Å². The number of carbonyl (C=O) groups excluding carboxylic acids is 2. The van der Waals surface area contributed by atoms with Crippen LogP contribution in [0.1, 0.15) is 39.6 Å². The van der Waals surface area contributed by atoms with E-state index in [1.165, 1.54) is 24.3 Å². The smallest absolute Gasteiger partial charge is 0.255 e. The first kappa shape index (κ1) is 17.7. The van der Waals surface area contributed by atoms with Crippen LogP contribution in [0.15, 0.2) is 24.3 Å². The average Bonchev–Trinajstić information content (AvgIpc) is 2.61. The SMILES string of the molecule is CCC(=O)c1ccc(C(=O)Nc2c(C)c(F)c(F)c(F)c2F)cc1. The van der Waals surface area contributed by atoms with Gasteiger partial charge in [-0.15, -0.1) is 0 Å². The van der Waals surface area contributed by atoms with Gasteiger partial charge in [-0.1, -0.05) is 19.1 Å². The van der Waals surface area contributed by atoms with Crippen molar-refractivity contribution in [2.24, 2.45) is 0 Å². The molecule has 7 heteroatoms. The Hall–Kier alpha value is -2.70. The first-order valence-electron chi connectivity index (χ1n) is 7.05. The molecule has 0 unspecified atom stereocenters. The number of Topliss-reactive ketones (excluding diaryl/α,β-unsaturated/α-hetero) is 1. The van der Waals surface area contributed by atoms with E-state index in [0.717, 1.165) is 6.92 Å². The lowest BCUT2D eigenvalue weighted by Crippen LogP contribution is -2.16. The maximum Gasteiger partial charge on any atom is 0.255 e. The van der Waals surface area contributed by atoms with E-state index in [-0.39, 0.29) is 11.3 Å². The molecular formula is C17H13F4NO2. The van der Waals surface area contributed by atoms with Gasteiger partial charge in [-0.05, 0) is 19.1 Å². The fraction of sp³-hybridized carbons (Fsp3) is 0.176. The average molecular weight is 339 g/mol. The van der Waals surface area contributed by atoms with Gasteiger partial charge in [0.25, 0.3) is 5.91 Å². The first-order valence-corrected chi connectivity index (χ1v) is 7.05. The third kappa shape index (κ3) is 3.15. The Morgan fingerprint density at radius 2 is 1.38 bits per heavy atom. The molecule has 0 fully saturated rings. The van der Waals surface area contributed by atoms with Crippen molar-refractivity contribution >= 4 is 17.4 Å². The zero-order valence-electron chi connectivity index (χ0n) is 12.8. The van der Waals surface area contributed by atoms with Crippen LogP contribution in [-0.2, 0) is 0 Å². The fourth-order valence-corrected chi connectivity index (χ4v) is 2.09. The van der Waals surface area contributed by atoms with E-state index >= 15 is 0 Å². The summed E-state index contributed by atoms with van der Waals surface area (Å²) in [6.45, 7) is 2.70. The quantitative estimate of drug-likeness (QED) is 0.388. The summed E-state index contributed by atoms with van der Waals surface area (Å²) in [5.41, 5.74) is -0.885. The molecule has 2 rings (SSSR count). The molecule has 3 nitrogen and oxygen atoms in total. The van der Waals surface area contributed by atoms with E-state index in [9.17, 15) is 27.2 Å². The highest BCUT2D eigenvalue weighted by molar-refractivity contribution is 6.05. The molecular weight excluding hydrogens is 326 g/mol. The molecule has 126 valence electrons. The predicted octanol–water partition coefficient (Wildman–Crippen LogP) is 4.40. The Bertz CT molecular complexity index is 787. The molecule has 0 spiro atoms. The number of anilines is 1. The summed E-state index contributed by atoms with van der Waals surface area (Å²) < 4.78 is 53.6. The molecule has 2 aromatic rings. The summed E-state index contributed by atoms with van der Waals surface area (Å²) in [7, 11) is 0. The van der Waals surface area contributed by atoms with Crippen molar-refractivity contribution in [3.05, 3.63) is 64.2 Å². The van der Waals surface area contributed by atoms with Crippen molar-refractivity contribution in [3.63, 3.8) is 0 Å². The summed E-state index contributed by atoms with van der Waals surface area (Å²) in [5.74, 6) is -8.17. The Morgan fingerprint density at radius 1 is 0.875 bits per heavy atom. The van der Waals surface area contributed by atoms with Crippen LogP contribution in [0.3, 0.4) is 0 Å². The van der Waals surface area contributed by atoms with Crippen molar-refractivity contribution in [2.45, 2.75) is 20.3 Å². The standard InChI is InChI=1S/C17H13F4NO2/c1-3-11(23)9-4-6-10(7-5-9)17(24)22-16-8(2)12(18)13(19)14(20)15(16)21/h4-7H,3H2,1-2H3,(H,22,24). The van der Waals surface area contributed by atoms with Gasteiger partial charge >= 0.3 is 0 Å². The van der Waals surface area contributed by atoms with Crippen LogP contribution in [0, 0.1) is 30.2 Å². The topological polar surface area (TPSA) is 46.2 Å². The van der Waals surface area contributed by atoms with Crippen LogP contribution in [0.4, 0.5) is 23.2 Å². The van der Waals surface area contributed by atoms with Crippen LogP contribution in [-0.4, -0.2) is 11.7 Å². The Morgan fingerprint density at radius 3 is 1.92 bits per heavy atom. The lowest BCUT2D eigenvalue weighted by molar-refractivity contribution is 0.0984. The van der Waals surface area contributed by atoms with E-state index in [0.29, 0.717) is 12.0 Å². The van der Waals surface area contributed by atoms with Gasteiger partial charge in [-0.2, -0.15) is 0 Å². The van der Waals surface area contributed by atoms with Gasteiger partial charge in [-0.25, -0.2) is 17.6 Å². The zero-order chi connectivity index (χ0) is 18.0. The molecule has 0 radical (unpaired) electrons. The molecule has 2 aromatic carbocycles. The second-order valence-corrected chi connectivity index (χ2v) is 5.06. The molecule has 0 aliphatic heterocycles. The second kappa shape index (κ2) is 6.82. The molecule has 0 saturated carbocycles. The molecule has 24 heavy (non-hydrogen) atoms. The van der Waals surface area contributed by atoms with Crippen molar-refractivity contribution in [1.29, 1.82) is 0 Å². The first-order chi connectivity index (χ1) is 11.3. The molecule has 0 bridgehead atoms. The van der Waals surface area contributed by atoms with Gasteiger partial charge in [0.05, 0.1) is 5.69 Å². The van der Waals surface area contributed by atoms with E-state index in [1.807, 2.05) is 5.32 Å². The molecule has 1 N–H and O–H groups in total. The summed E-state index contributed by atoms with van der Waals surface area (Å²) in [5, 5.41) is 2.02. The van der Waals surface area contributed by atoms with E-state index < -0.39 is 40.4 Å². The number of amides is 1. The predicted molar refractivity (Wildman–Crippen MR) is 80.0 cm³/mol. The normalized spacial score (nSPS) is 10.6. The highest BCUT2D eigenvalue weighted by Crippen LogP contribution is 2.28. The Labute approximate surface area is 135 Å². The van der Waals surface area contributed by atoms with Gasteiger partial charge in [0.1, 0.15) is 0 Å². The summed E-state index contributed by atoms with van der Waals surface area (Å²) in [6.07, 6.45) is 0.296. The fourth-order valence-electron chi connectivity index (χ4n) is 2.09. The highest BCUT2D eigenvalue weighted by atomic mass is 19.2. The largest absolute Gasteiger partial charge is 0.319 e. The van der Waals surface area contributed by atoms with Crippen molar-refractivity contribution in [3.8, 4) is 0 Å². The minimum atomic E-state index is -2.00. The number of halogens is 4. The molecule has 0 heterocycles. The van der Waals surface area contributed by atoms with Crippen LogP contribution < -0.4 is 5.32 Å². The van der Waals surface area contributed by atoms with Gasteiger partial charge < -0.3 is 5.32 Å². The van der Waals surface area contributed by atoms with Crippen LogP contribution in [0.5, 0.6) is 0 Å². The maximum atomic E-state index is 13.8. The van der Waals surface area contributed by atoms with Gasteiger partial charge in [0.2, 0.25) is 0 Å². The number of ketones is 1. The third-order valence-corrected chi connectivity index (χ3v) is 3.53. The number of nitrogens with one attached hydrogen (secondary N) is 1. The monoisotopic (exact) mass is 339 g/mol. The van der Waals surface area contributed by atoms with Gasteiger partial charge in [0, 0.05) is 23.1 Å². The molecule has 0 atom stereocenters. The summed E-state index contributed by atoms with van der Waals surface area (Å²) >= 11 is 0. The number of benzene rings is 2. The van der Waals surface area contributed by atoms with E-state index in [2.05, 4.69) is 0 Å². The maximum absolute atomic E-state index is 13.8. The lowest BCUT2D eigenvalue weighted by Gasteiger charge is -2.12. The molecule has 0 aliphatic rings.